The summed E-state index contributed by atoms with van der Waals surface area (Å²) in [5, 5.41) is 2.92. The predicted molar refractivity (Wildman–Crippen MR) is 69.4 cm³/mol. The monoisotopic (exact) mass is 251 g/mol. The Morgan fingerprint density at radius 3 is 2.61 bits per heavy atom. The molecule has 0 saturated carbocycles. The van der Waals surface area contributed by atoms with Gasteiger partial charge in [-0.2, -0.15) is 0 Å². The lowest BCUT2D eigenvalue weighted by molar-refractivity contribution is -0.126. The van der Waals surface area contributed by atoms with Crippen LogP contribution in [0.3, 0.4) is 0 Å². The quantitative estimate of drug-likeness (QED) is 0.603. The topological polar surface area (TPSA) is 84.7 Å². The van der Waals surface area contributed by atoms with E-state index in [9.17, 15) is 9.59 Å². The summed E-state index contributed by atoms with van der Waals surface area (Å²) >= 11 is 0. The number of nitrogens with two attached hydrogens (primary N) is 1. The summed E-state index contributed by atoms with van der Waals surface area (Å²) in [6, 6.07) is 4.85. The number of nitrogen functional groups attached to an aromatic ring is 1. The molecule has 0 spiro atoms. The largest absolute Gasteiger partial charge is 0.465 e. The van der Waals surface area contributed by atoms with Crippen molar-refractivity contribution in [3.05, 3.63) is 23.8 Å². The second kappa shape index (κ2) is 5.90. The number of amides is 1. The van der Waals surface area contributed by atoms with Crippen molar-refractivity contribution in [1.82, 2.24) is 4.90 Å². The molecule has 98 valence electrons. The molecule has 18 heavy (non-hydrogen) atoms. The van der Waals surface area contributed by atoms with Gasteiger partial charge in [0.2, 0.25) is 5.91 Å². The molecule has 0 radical (unpaired) electrons. The van der Waals surface area contributed by atoms with Crippen molar-refractivity contribution < 1.29 is 14.3 Å². The molecule has 0 saturated heterocycles. The maximum atomic E-state index is 11.4. The van der Waals surface area contributed by atoms with Gasteiger partial charge in [-0.1, -0.05) is 0 Å². The van der Waals surface area contributed by atoms with Crippen molar-refractivity contribution in [2.24, 2.45) is 0 Å². The molecule has 1 aromatic carbocycles. The third-order valence-corrected chi connectivity index (χ3v) is 2.40. The van der Waals surface area contributed by atoms with E-state index in [0.717, 1.165) is 0 Å². The van der Waals surface area contributed by atoms with Gasteiger partial charge in [-0.25, -0.2) is 4.79 Å². The average Bonchev–Trinajstić information content (AvgIpc) is 2.36. The summed E-state index contributed by atoms with van der Waals surface area (Å²) in [7, 11) is 4.64. The predicted octanol–water partition coefficient (Wildman–Crippen LogP) is 0.555. The molecule has 0 bridgehead atoms. The smallest absolute Gasteiger partial charge is 0.340 e. The highest BCUT2D eigenvalue weighted by atomic mass is 16.5. The number of nitrogens with zero attached hydrogens (tertiary/aromatic N) is 1. The minimum Gasteiger partial charge on any atom is -0.465 e. The number of hydrogen-bond donors (Lipinski definition) is 2. The van der Waals surface area contributed by atoms with Crippen LogP contribution in [-0.4, -0.2) is 44.5 Å². The van der Waals surface area contributed by atoms with Crippen molar-refractivity contribution in [3.8, 4) is 0 Å². The molecule has 0 atom stereocenters. The second-order valence-electron chi connectivity index (χ2n) is 3.94. The van der Waals surface area contributed by atoms with E-state index >= 15 is 0 Å². The molecule has 1 rings (SSSR count). The molecule has 3 N–H and O–H groups in total. The zero-order valence-corrected chi connectivity index (χ0v) is 10.7. The summed E-state index contributed by atoms with van der Waals surface area (Å²) in [6.45, 7) is 0.150. The summed E-state index contributed by atoms with van der Waals surface area (Å²) in [5.41, 5.74) is 6.92. The standard InChI is InChI=1S/C12H17N3O3/c1-15(2)11(16)7-14-8-4-5-10(13)9(6-8)12(17)18-3/h4-6,14H,7,13H2,1-3H3. The van der Waals surface area contributed by atoms with E-state index in [4.69, 9.17) is 5.73 Å². The third kappa shape index (κ3) is 3.38. The Morgan fingerprint density at radius 2 is 2.06 bits per heavy atom. The lowest BCUT2D eigenvalue weighted by atomic mass is 10.1. The van der Waals surface area contributed by atoms with Gasteiger partial charge in [0.1, 0.15) is 0 Å². The number of methoxy groups -OCH3 is 1. The van der Waals surface area contributed by atoms with Crippen molar-refractivity contribution in [2.45, 2.75) is 0 Å². The van der Waals surface area contributed by atoms with Gasteiger partial charge in [-0.05, 0) is 18.2 Å². The van der Waals surface area contributed by atoms with E-state index in [1.54, 1.807) is 32.3 Å². The number of carbonyl (C=O) groups excluding carboxylic acids is 2. The molecular formula is C12H17N3O3. The van der Waals surface area contributed by atoms with Gasteiger partial charge < -0.3 is 20.7 Å². The number of ether oxygens (including phenoxy) is 1. The maximum absolute atomic E-state index is 11.4. The Morgan fingerprint density at radius 1 is 1.39 bits per heavy atom. The van der Waals surface area contributed by atoms with E-state index in [1.807, 2.05) is 0 Å². The molecule has 0 aromatic heterocycles. The van der Waals surface area contributed by atoms with Crippen molar-refractivity contribution >= 4 is 23.3 Å². The fraction of sp³-hybridized carbons (Fsp3) is 0.333. The van der Waals surface area contributed by atoms with Crippen LogP contribution < -0.4 is 11.1 Å². The summed E-state index contributed by atoms with van der Waals surface area (Å²) in [6.07, 6.45) is 0. The Balaban J connectivity index is 2.79. The van der Waals surface area contributed by atoms with Gasteiger partial charge >= 0.3 is 5.97 Å². The minimum absolute atomic E-state index is 0.0635. The number of anilines is 2. The Hall–Kier alpha value is -2.24. The highest BCUT2D eigenvalue weighted by Gasteiger charge is 2.11. The van der Waals surface area contributed by atoms with Gasteiger partial charge in [-0.3, -0.25) is 4.79 Å². The van der Waals surface area contributed by atoms with Gasteiger partial charge in [0.05, 0.1) is 19.2 Å². The number of likely N-dealkylation sites (N-methyl/N-ethyl adjacent to an activating group) is 1. The molecule has 1 aromatic rings. The second-order valence-corrected chi connectivity index (χ2v) is 3.94. The first kappa shape index (κ1) is 13.8. The highest BCUT2D eigenvalue weighted by molar-refractivity contribution is 5.96. The minimum atomic E-state index is -0.505. The van der Waals surface area contributed by atoms with Gasteiger partial charge in [-0.15, -0.1) is 0 Å². The summed E-state index contributed by atoms with van der Waals surface area (Å²) in [5.74, 6) is -0.568. The average molecular weight is 251 g/mol. The normalized spacial score (nSPS) is 9.72. The van der Waals surface area contributed by atoms with Crippen molar-refractivity contribution in [2.75, 3.05) is 38.8 Å². The Kier molecular flexibility index (Phi) is 4.53. The molecule has 0 aliphatic carbocycles. The Bertz CT molecular complexity index is 458. The van der Waals surface area contributed by atoms with Gasteiger partial charge in [0, 0.05) is 25.5 Å². The lowest BCUT2D eigenvalue weighted by Crippen LogP contribution is -2.28. The van der Waals surface area contributed by atoms with Crippen LogP contribution in [0.2, 0.25) is 0 Å². The van der Waals surface area contributed by atoms with E-state index in [0.29, 0.717) is 11.4 Å². The lowest BCUT2D eigenvalue weighted by Gasteiger charge is -2.12. The number of hydrogen-bond acceptors (Lipinski definition) is 5. The maximum Gasteiger partial charge on any atom is 0.340 e. The molecule has 1 amide bonds. The van der Waals surface area contributed by atoms with Crippen LogP contribution in [0.5, 0.6) is 0 Å². The SMILES string of the molecule is COC(=O)c1cc(NCC(=O)N(C)C)ccc1N. The first-order chi connectivity index (χ1) is 8.45. The molecule has 0 aliphatic heterocycles. The van der Waals surface area contributed by atoms with E-state index < -0.39 is 5.97 Å². The molecule has 6 heteroatoms. The fourth-order valence-electron chi connectivity index (χ4n) is 1.29. The molecule has 0 aliphatic rings. The fourth-order valence-corrected chi connectivity index (χ4v) is 1.29. The molecule has 0 unspecified atom stereocenters. The van der Waals surface area contributed by atoms with Crippen molar-refractivity contribution in [3.63, 3.8) is 0 Å². The first-order valence-electron chi connectivity index (χ1n) is 5.37. The molecule has 6 nitrogen and oxygen atoms in total. The number of carbonyl (C=O) groups is 2. The molecule has 0 heterocycles. The zero-order chi connectivity index (χ0) is 13.7. The number of esters is 1. The first-order valence-corrected chi connectivity index (χ1v) is 5.37. The van der Waals surface area contributed by atoms with E-state index in [1.165, 1.54) is 12.0 Å². The van der Waals surface area contributed by atoms with Gasteiger partial charge in [0.15, 0.2) is 0 Å². The zero-order valence-electron chi connectivity index (χ0n) is 10.7. The highest BCUT2D eigenvalue weighted by Crippen LogP contribution is 2.18. The van der Waals surface area contributed by atoms with E-state index in [2.05, 4.69) is 10.1 Å². The van der Waals surface area contributed by atoms with Crippen LogP contribution >= 0.6 is 0 Å². The van der Waals surface area contributed by atoms with Crippen molar-refractivity contribution in [1.29, 1.82) is 0 Å². The summed E-state index contributed by atoms with van der Waals surface area (Å²) < 4.78 is 4.61. The van der Waals surface area contributed by atoms with Crippen LogP contribution in [0.25, 0.3) is 0 Å². The van der Waals surface area contributed by atoms with Crippen LogP contribution in [0.1, 0.15) is 10.4 Å². The van der Waals surface area contributed by atoms with Crippen LogP contribution in [0.15, 0.2) is 18.2 Å². The number of benzene rings is 1. The number of nitrogens with one attached hydrogen (secondary N) is 1. The molecule has 0 fully saturated rings. The third-order valence-electron chi connectivity index (χ3n) is 2.40. The number of rotatable bonds is 4. The van der Waals surface area contributed by atoms with Crippen LogP contribution in [0.4, 0.5) is 11.4 Å². The van der Waals surface area contributed by atoms with Crippen LogP contribution in [-0.2, 0) is 9.53 Å². The summed E-state index contributed by atoms with van der Waals surface area (Å²) in [4.78, 5) is 24.3. The molecular weight excluding hydrogens is 234 g/mol. The van der Waals surface area contributed by atoms with Crippen LogP contribution in [0, 0.1) is 0 Å². The van der Waals surface area contributed by atoms with Gasteiger partial charge in [0.25, 0.3) is 0 Å². The van der Waals surface area contributed by atoms with E-state index in [-0.39, 0.29) is 18.0 Å². The Labute approximate surface area is 106 Å².